The first-order valence-electron chi connectivity index (χ1n) is 7.88. The number of hydrogen-bond acceptors (Lipinski definition) is 3. The number of aromatic nitrogens is 2. The molecule has 0 aliphatic carbocycles. The van der Waals surface area contributed by atoms with E-state index in [1.165, 1.54) is 12.1 Å². The van der Waals surface area contributed by atoms with Crippen molar-refractivity contribution in [2.24, 2.45) is 5.92 Å². The second-order valence-corrected chi connectivity index (χ2v) is 6.84. The predicted molar refractivity (Wildman–Crippen MR) is 81.7 cm³/mol. The Labute approximate surface area is 122 Å². The van der Waals surface area contributed by atoms with Crippen molar-refractivity contribution in [3.63, 3.8) is 0 Å². The number of aryl methyl sites for hydroxylation is 1. The SMILES string of the molecule is CCCn1cncc1C1OCCCC1CNC(C)(C)C. The summed E-state index contributed by atoms with van der Waals surface area (Å²) in [5.41, 5.74) is 1.40. The molecule has 0 spiro atoms. The molecule has 20 heavy (non-hydrogen) atoms. The number of imidazole rings is 1. The third-order valence-electron chi connectivity index (χ3n) is 3.84. The van der Waals surface area contributed by atoms with Crippen LogP contribution in [0.2, 0.25) is 0 Å². The van der Waals surface area contributed by atoms with Crippen molar-refractivity contribution in [1.29, 1.82) is 0 Å². The van der Waals surface area contributed by atoms with Crippen LogP contribution in [0.4, 0.5) is 0 Å². The number of ether oxygens (including phenoxy) is 1. The number of nitrogens with zero attached hydrogens (tertiary/aromatic N) is 2. The molecule has 2 heterocycles. The number of nitrogens with one attached hydrogen (secondary N) is 1. The first-order chi connectivity index (χ1) is 9.51. The van der Waals surface area contributed by atoms with Crippen LogP contribution in [-0.4, -0.2) is 28.2 Å². The van der Waals surface area contributed by atoms with Gasteiger partial charge < -0.3 is 14.6 Å². The highest BCUT2D eigenvalue weighted by molar-refractivity contribution is 5.06. The molecular formula is C16H29N3O. The molecule has 114 valence electrons. The molecule has 0 bridgehead atoms. The van der Waals surface area contributed by atoms with Crippen LogP contribution in [-0.2, 0) is 11.3 Å². The third kappa shape index (κ3) is 4.06. The average Bonchev–Trinajstić information content (AvgIpc) is 2.84. The molecule has 1 aliphatic heterocycles. The summed E-state index contributed by atoms with van der Waals surface area (Å²) >= 11 is 0. The van der Waals surface area contributed by atoms with Crippen molar-refractivity contribution in [2.75, 3.05) is 13.2 Å². The summed E-state index contributed by atoms with van der Waals surface area (Å²) in [7, 11) is 0. The first kappa shape index (κ1) is 15.5. The molecular weight excluding hydrogens is 250 g/mol. The minimum atomic E-state index is 0.158. The highest BCUT2D eigenvalue weighted by Crippen LogP contribution is 2.33. The molecule has 1 N–H and O–H groups in total. The summed E-state index contributed by atoms with van der Waals surface area (Å²) in [6.45, 7) is 11.7. The van der Waals surface area contributed by atoms with Crippen molar-refractivity contribution < 1.29 is 4.74 Å². The second-order valence-electron chi connectivity index (χ2n) is 6.84. The van der Waals surface area contributed by atoms with E-state index in [1.54, 1.807) is 0 Å². The van der Waals surface area contributed by atoms with Gasteiger partial charge in [-0.25, -0.2) is 4.98 Å². The van der Waals surface area contributed by atoms with Gasteiger partial charge in [-0.15, -0.1) is 0 Å². The highest BCUT2D eigenvalue weighted by atomic mass is 16.5. The van der Waals surface area contributed by atoms with E-state index in [9.17, 15) is 0 Å². The van der Waals surface area contributed by atoms with E-state index < -0.39 is 0 Å². The molecule has 0 saturated carbocycles. The van der Waals surface area contributed by atoms with Gasteiger partial charge in [-0.3, -0.25) is 0 Å². The smallest absolute Gasteiger partial charge is 0.103 e. The second kappa shape index (κ2) is 6.72. The molecule has 2 unspecified atom stereocenters. The molecule has 2 atom stereocenters. The molecule has 2 rings (SSSR count). The number of hydrogen-bond donors (Lipinski definition) is 1. The van der Waals surface area contributed by atoms with Gasteiger partial charge in [-0.2, -0.15) is 0 Å². The number of rotatable bonds is 5. The van der Waals surface area contributed by atoms with Crippen LogP contribution in [0.3, 0.4) is 0 Å². The van der Waals surface area contributed by atoms with Crippen molar-refractivity contribution in [1.82, 2.24) is 14.9 Å². The fraction of sp³-hybridized carbons (Fsp3) is 0.812. The summed E-state index contributed by atoms with van der Waals surface area (Å²) in [5, 5.41) is 3.63. The van der Waals surface area contributed by atoms with Crippen LogP contribution in [0, 0.1) is 5.92 Å². The summed E-state index contributed by atoms with van der Waals surface area (Å²) in [4.78, 5) is 4.32. The van der Waals surface area contributed by atoms with Crippen LogP contribution in [0.15, 0.2) is 12.5 Å². The lowest BCUT2D eigenvalue weighted by atomic mass is 9.91. The normalized spacial score (nSPS) is 24.0. The van der Waals surface area contributed by atoms with Gasteiger partial charge in [0.15, 0.2) is 0 Å². The fourth-order valence-corrected chi connectivity index (χ4v) is 2.81. The van der Waals surface area contributed by atoms with Crippen LogP contribution >= 0.6 is 0 Å². The Morgan fingerprint density at radius 2 is 2.25 bits per heavy atom. The Morgan fingerprint density at radius 3 is 2.95 bits per heavy atom. The fourth-order valence-electron chi connectivity index (χ4n) is 2.81. The topological polar surface area (TPSA) is 39.1 Å². The monoisotopic (exact) mass is 279 g/mol. The largest absolute Gasteiger partial charge is 0.372 e. The zero-order valence-corrected chi connectivity index (χ0v) is 13.4. The summed E-state index contributed by atoms with van der Waals surface area (Å²) < 4.78 is 8.34. The quantitative estimate of drug-likeness (QED) is 0.900. The maximum absolute atomic E-state index is 6.09. The van der Waals surface area contributed by atoms with Crippen molar-refractivity contribution in [3.8, 4) is 0 Å². The van der Waals surface area contributed by atoms with E-state index in [-0.39, 0.29) is 11.6 Å². The highest BCUT2D eigenvalue weighted by Gasteiger charge is 2.30. The minimum Gasteiger partial charge on any atom is -0.372 e. The minimum absolute atomic E-state index is 0.158. The van der Waals surface area contributed by atoms with Gasteiger partial charge in [0, 0.05) is 31.2 Å². The van der Waals surface area contributed by atoms with E-state index in [0.29, 0.717) is 5.92 Å². The molecule has 4 nitrogen and oxygen atoms in total. The molecule has 0 aromatic carbocycles. The molecule has 1 aromatic rings. The van der Waals surface area contributed by atoms with Gasteiger partial charge in [-0.05, 0) is 40.0 Å². The van der Waals surface area contributed by atoms with Gasteiger partial charge in [0.2, 0.25) is 0 Å². The maximum atomic E-state index is 6.09. The van der Waals surface area contributed by atoms with Crippen molar-refractivity contribution >= 4 is 0 Å². The lowest BCUT2D eigenvalue weighted by Crippen LogP contribution is -2.42. The molecule has 4 heteroatoms. The Morgan fingerprint density at radius 1 is 1.45 bits per heavy atom. The molecule has 1 saturated heterocycles. The Bertz CT molecular complexity index is 408. The average molecular weight is 279 g/mol. The lowest BCUT2D eigenvalue weighted by molar-refractivity contribution is -0.0336. The van der Waals surface area contributed by atoms with Crippen LogP contribution in [0.1, 0.15) is 58.8 Å². The van der Waals surface area contributed by atoms with E-state index >= 15 is 0 Å². The lowest BCUT2D eigenvalue weighted by Gasteiger charge is -2.34. The predicted octanol–water partition coefficient (Wildman–Crippen LogP) is 3.15. The Hall–Kier alpha value is -0.870. The summed E-state index contributed by atoms with van der Waals surface area (Å²) in [6, 6.07) is 0. The van der Waals surface area contributed by atoms with E-state index in [4.69, 9.17) is 4.74 Å². The molecule has 0 radical (unpaired) electrons. The molecule has 1 aliphatic rings. The van der Waals surface area contributed by atoms with Gasteiger partial charge in [-0.1, -0.05) is 6.92 Å². The Balaban J connectivity index is 2.08. The van der Waals surface area contributed by atoms with Gasteiger partial charge in [0.05, 0.1) is 18.2 Å². The van der Waals surface area contributed by atoms with Crippen LogP contribution in [0.5, 0.6) is 0 Å². The van der Waals surface area contributed by atoms with E-state index in [2.05, 4.69) is 42.6 Å². The Kier molecular flexibility index (Phi) is 5.22. The van der Waals surface area contributed by atoms with E-state index in [0.717, 1.165) is 32.5 Å². The maximum Gasteiger partial charge on any atom is 0.103 e. The summed E-state index contributed by atoms with van der Waals surface area (Å²) in [5.74, 6) is 0.537. The molecule has 1 aromatic heterocycles. The zero-order valence-electron chi connectivity index (χ0n) is 13.4. The zero-order chi connectivity index (χ0) is 14.6. The van der Waals surface area contributed by atoms with Crippen molar-refractivity contribution in [2.45, 2.75) is 65.1 Å². The van der Waals surface area contributed by atoms with Gasteiger partial charge >= 0.3 is 0 Å². The van der Waals surface area contributed by atoms with E-state index in [1.807, 2.05) is 12.5 Å². The summed E-state index contributed by atoms with van der Waals surface area (Å²) in [6.07, 6.45) is 7.62. The molecule has 0 amide bonds. The van der Waals surface area contributed by atoms with Gasteiger partial charge in [0.25, 0.3) is 0 Å². The first-order valence-corrected chi connectivity index (χ1v) is 7.88. The van der Waals surface area contributed by atoms with Crippen LogP contribution in [0.25, 0.3) is 0 Å². The van der Waals surface area contributed by atoms with Crippen molar-refractivity contribution in [3.05, 3.63) is 18.2 Å². The standard InChI is InChI=1S/C16H29N3O/c1-5-8-19-12-17-11-14(19)15-13(7-6-9-20-15)10-18-16(2,3)4/h11-13,15,18H,5-10H2,1-4H3. The van der Waals surface area contributed by atoms with Gasteiger partial charge in [0.1, 0.15) is 6.10 Å². The molecule has 1 fully saturated rings. The van der Waals surface area contributed by atoms with Crippen LogP contribution < -0.4 is 5.32 Å². The third-order valence-corrected chi connectivity index (χ3v) is 3.84.